The molecule has 2 heterocycles. The van der Waals surface area contributed by atoms with Crippen LogP contribution < -0.4 is 9.30 Å². The fraction of sp³-hybridized carbons (Fsp3) is 0.240. The van der Waals surface area contributed by atoms with Gasteiger partial charge in [-0.25, -0.2) is 13.0 Å². The summed E-state index contributed by atoms with van der Waals surface area (Å²) in [5.41, 5.74) is 4.77. The molecule has 0 spiro atoms. The van der Waals surface area contributed by atoms with Gasteiger partial charge in [-0.05, 0) is 43.7 Å². The molecule has 0 aliphatic carbocycles. The van der Waals surface area contributed by atoms with E-state index in [0.717, 1.165) is 36.5 Å². The second-order valence-corrected chi connectivity index (χ2v) is 8.40. The predicted molar refractivity (Wildman–Crippen MR) is 124 cm³/mol. The van der Waals surface area contributed by atoms with Crippen molar-refractivity contribution in [3.8, 4) is 5.75 Å². The van der Waals surface area contributed by atoms with Crippen molar-refractivity contribution in [3.63, 3.8) is 0 Å². The molecular weight excluding hydrogens is 442 g/mol. The molecule has 0 saturated carbocycles. The van der Waals surface area contributed by atoms with Gasteiger partial charge in [0.15, 0.2) is 18.9 Å². The first kappa shape index (κ1) is 24.4. The molecule has 0 bridgehead atoms. The van der Waals surface area contributed by atoms with E-state index < -0.39 is 10.4 Å². The smallest absolute Gasteiger partial charge is 0.215 e. The highest BCUT2D eigenvalue weighted by atomic mass is 32.3. The zero-order valence-electron chi connectivity index (χ0n) is 18.6. The van der Waals surface area contributed by atoms with Crippen molar-refractivity contribution in [3.05, 3.63) is 95.5 Å². The maximum atomic E-state index is 8.63. The fourth-order valence-electron chi connectivity index (χ4n) is 3.61. The van der Waals surface area contributed by atoms with Crippen molar-refractivity contribution in [1.82, 2.24) is 0 Å². The molecular formula is C25H27NO6S. The van der Waals surface area contributed by atoms with Crippen molar-refractivity contribution >= 4 is 21.4 Å². The van der Waals surface area contributed by atoms with Gasteiger partial charge in [0.05, 0.1) is 6.61 Å². The summed E-state index contributed by atoms with van der Waals surface area (Å²) < 4.78 is 46.9. The average molecular weight is 470 g/mol. The Morgan fingerprint density at radius 2 is 1.73 bits per heavy atom. The molecule has 0 aliphatic rings. The largest absolute Gasteiger partial charge is 0.726 e. The summed E-state index contributed by atoms with van der Waals surface area (Å²) in [4.78, 5) is 0. The van der Waals surface area contributed by atoms with E-state index in [0.29, 0.717) is 6.61 Å². The van der Waals surface area contributed by atoms with E-state index in [1.807, 2.05) is 25.1 Å². The molecule has 0 saturated heterocycles. The maximum absolute atomic E-state index is 8.63. The van der Waals surface area contributed by atoms with Crippen molar-refractivity contribution < 1.29 is 31.2 Å². The third kappa shape index (κ3) is 7.71. The van der Waals surface area contributed by atoms with Crippen molar-refractivity contribution in [2.45, 2.75) is 33.2 Å². The van der Waals surface area contributed by atoms with Crippen LogP contribution in [-0.2, 0) is 29.8 Å². The minimum Gasteiger partial charge on any atom is -0.726 e. The van der Waals surface area contributed by atoms with Crippen LogP contribution in [0, 0.1) is 6.92 Å². The van der Waals surface area contributed by atoms with Crippen LogP contribution in [0.2, 0.25) is 0 Å². The summed E-state index contributed by atoms with van der Waals surface area (Å²) in [6.45, 7) is 5.75. The van der Waals surface area contributed by atoms with Gasteiger partial charge in [-0.2, -0.15) is 0 Å². The van der Waals surface area contributed by atoms with E-state index in [-0.39, 0.29) is 0 Å². The monoisotopic (exact) mass is 469 g/mol. The van der Waals surface area contributed by atoms with Crippen LogP contribution in [0.1, 0.15) is 29.4 Å². The van der Waals surface area contributed by atoms with Crippen LogP contribution in [0.4, 0.5) is 0 Å². The van der Waals surface area contributed by atoms with Gasteiger partial charge in [0.2, 0.25) is 10.4 Å². The number of aromatic nitrogens is 1. The maximum Gasteiger partial charge on any atom is 0.215 e. The molecule has 33 heavy (non-hydrogen) atoms. The Morgan fingerprint density at radius 3 is 2.36 bits per heavy atom. The summed E-state index contributed by atoms with van der Waals surface area (Å²) in [6, 6.07) is 20.9. The molecule has 0 unspecified atom stereocenters. The first-order valence-electron chi connectivity index (χ1n) is 10.6. The van der Waals surface area contributed by atoms with E-state index in [1.165, 1.54) is 22.1 Å². The molecule has 0 fully saturated rings. The lowest BCUT2D eigenvalue weighted by Gasteiger charge is -2.05. The molecule has 0 aliphatic heterocycles. The predicted octanol–water partition coefficient (Wildman–Crippen LogP) is 4.27. The van der Waals surface area contributed by atoms with Crippen molar-refractivity contribution in [2.24, 2.45) is 0 Å². The molecule has 7 nitrogen and oxygen atoms in total. The van der Waals surface area contributed by atoms with Crippen LogP contribution in [0.3, 0.4) is 0 Å². The number of furan rings is 1. The standard InChI is InChI=1S/C25H26NO2.H2O4S/c1-3-27-21-10-8-20(9-11-21)18-25-22(13-16-26-14-5-4-6-15-26)23-17-19(2)7-12-24(23)28-25;1-5(2,3)4/h4-12,14-15,17H,3,13,16,18H2,1-2H3;(H2,1,2,3,4)/q+1;/p-1. The SMILES string of the molecule is CCOc1ccc(Cc2oc3ccc(C)cc3c2CC[n+]2ccccc2)cc1.O=S(=O)([O-])O. The van der Waals surface area contributed by atoms with Crippen LogP contribution >= 0.6 is 0 Å². The van der Waals surface area contributed by atoms with Gasteiger partial charge in [-0.15, -0.1) is 0 Å². The van der Waals surface area contributed by atoms with Crippen molar-refractivity contribution in [2.75, 3.05) is 6.61 Å². The van der Waals surface area contributed by atoms with E-state index in [4.69, 9.17) is 26.7 Å². The number of fused-ring (bicyclic) bond motifs is 1. The van der Waals surface area contributed by atoms with Crippen LogP contribution in [-0.4, -0.2) is 24.1 Å². The minimum absolute atomic E-state index is 0.684. The summed E-state index contributed by atoms with van der Waals surface area (Å²) in [5.74, 6) is 1.97. The lowest BCUT2D eigenvalue weighted by atomic mass is 10.0. The average Bonchev–Trinajstić information content (AvgIpc) is 3.09. The highest BCUT2D eigenvalue weighted by molar-refractivity contribution is 7.79. The van der Waals surface area contributed by atoms with Crippen molar-refractivity contribution in [1.29, 1.82) is 0 Å². The number of ether oxygens (including phenoxy) is 1. The van der Waals surface area contributed by atoms with E-state index >= 15 is 0 Å². The third-order valence-electron chi connectivity index (χ3n) is 5.03. The summed E-state index contributed by atoms with van der Waals surface area (Å²) in [6.07, 6.45) is 5.95. The van der Waals surface area contributed by atoms with Crippen LogP contribution in [0.25, 0.3) is 11.0 Å². The number of hydrogen-bond acceptors (Lipinski definition) is 5. The first-order chi connectivity index (χ1) is 15.7. The first-order valence-corrected chi connectivity index (χ1v) is 11.9. The molecule has 4 aromatic rings. The highest BCUT2D eigenvalue weighted by Crippen LogP contribution is 2.29. The quantitative estimate of drug-likeness (QED) is 0.246. The Balaban J connectivity index is 0.000000555. The Kier molecular flexibility index (Phi) is 8.21. The third-order valence-corrected chi connectivity index (χ3v) is 5.03. The number of nitrogens with zero attached hydrogens (tertiary/aromatic N) is 1. The summed E-state index contributed by atoms with van der Waals surface area (Å²) >= 11 is 0. The number of hydrogen-bond donors (Lipinski definition) is 1. The molecule has 174 valence electrons. The topological polar surface area (TPSA) is 104 Å². The number of pyridine rings is 1. The normalized spacial score (nSPS) is 11.2. The van der Waals surface area contributed by atoms with Crippen LogP contribution in [0.5, 0.6) is 5.75 Å². The molecule has 0 amide bonds. The Bertz CT molecular complexity index is 1270. The Hall–Kier alpha value is -3.20. The second kappa shape index (κ2) is 11.1. The Morgan fingerprint density at radius 1 is 1.06 bits per heavy atom. The lowest BCUT2D eigenvalue weighted by Crippen LogP contribution is -2.33. The van der Waals surface area contributed by atoms with Gasteiger partial charge in [0, 0.05) is 35.9 Å². The number of rotatable bonds is 7. The number of aryl methyl sites for hydroxylation is 3. The Labute approximate surface area is 193 Å². The van der Waals surface area contributed by atoms with Gasteiger partial charge < -0.3 is 13.7 Å². The molecule has 2 aromatic carbocycles. The van der Waals surface area contributed by atoms with E-state index in [2.05, 4.69) is 66.3 Å². The summed E-state index contributed by atoms with van der Waals surface area (Å²) in [5, 5.41) is 1.23. The molecule has 4 rings (SSSR count). The number of benzene rings is 2. The second-order valence-electron chi connectivity index (χ2n) is 7.55. The zero-order chi connectivity index (χ0) is 23.8. The molecule has 2 aromatic heterocycles. The van der Waals surface area contributed by atoms with Gasteiger partial charge >= 0.3 is 0 Å². The molecule has 1 N–H and O–H groups in total. The van der Waals surface area contributed by atoms with Crippen LogP contribution in [0.15, 0.2) is 77.5 Å². The van der Waals surface area contributed by atoms with Gasteiger partial charge in [0.1, 0.15) is 17.1 Å². The van der Waals surface area contributed by atoms with E-state index in [1.54, 1.807) is 0 Å². The molecule has 0 atom stereocenters. The highest BCUT2D eigenvalue weighted by Gasteiger charge is 2.16. The van der Waals surface area contributed by atoms with Gasteiger partial charge in [0.25, 0.3) is 0 Å². The minimum atomic E-state index is -4.92. The molecule has 0 radical (unpaired) electrons. The van der Waals surface area contributed by atoms with E-state index in [9.17, 15) is 0 Å². The van der Waals surface area contributed by atoms with Gasteiger partial charge in [-0.1, -0.05) is 29.8 Å². The summed E-state index contributed by atoms with van der Waals surface area (Å²) in [7, 11) is -4.92. The lowest BCUT2D eigenvalue weighted by molar-refractivity contribution is -0.696. The van der Waals surface area contributed by atoms with Gasteiger partial charge in [-0.3, -0.25) is 4.55 Å². The molecule has 8 heteroatoms. The fourth-order valence-corrected chi connectivity index (χ4v) is 3.61. The zero-order valence-corrected chi connectivity index (χ0v) is 19.4.